The Hall–Kier alpha value is -4.23. The fraction of sp³-hybridized carbons (Fsp3) is 0.138. The van der Waals surface area contributed by atoms with E-state index in [-0.39, 0.29) is 28.3 Å². The first-order chi connectivity index (χ1) is 17.7. The molecule has 1 aromatic heterocycles. The molecule has 0 radical (unpaired) electrons. The fourth-order valence-corrected chi connectivity index (χ4v) is 4.54. The molecule has 0 saturated carbocycles. The van der Waals surface area contributed by atoms with Gasteiger partial charge in [-0.25, -0.2) is 9.18 Å². The molecule has 4 aromatic rings. The Morgan fingerprint density at radius 3 is 2.30 bits per heavy atom. The van der Waals surface area contributed by atoms with Crippen LogP contribution in [0.3, 0.4) is 0 Å². The summed E-state index contributed by atoms with van der Waals surface area (Å²) in [5, 5.41) is 22.8. The van der Waals surface area contributed by atoms with E-state index in [1.54, 1.807) is 43.3 Å². The topological polar surface area (TPSA) is 103 Å². The van der Waals surface area contributed by atoms with Gasteiger partial charge in [0.15, 0.2) is 0 Å². The van der Waals surface area contributed by atoms with Gasteiger partial charge < -0.3 is 15.3 Å². The standard InChI is InChI=1S/C29H24ClFN2O4/c1-16-11-20(29(35)36)7-9-23(16)18-3-5-19(6-4-18)25(24-10-8-22(30)13-26(24)31)14-27(33-37)21-12-17(2)28(34)32-15-21/h3-13,15,25,37H,14H2,1-2H3,(H,32,34)(H,35,36)/b33-27+/t25-/m0/s1. The third-order valence-corrected chi connectivity index (χ3v) is 6.61. The summed E-state index contributed by atoms with van der Waals surface area (Å²) >= 11 is 5.99. The van der Waals surface area contributed by atoms with Crippen molar-refractivity contribution in [1.29, 1.82) is 0 Å². The van der Waals surface area contributed by atoms with Crippen LogP contribution >= 0.6 is 11.6 Å². The van der Waals surface area contributed by atoms with Crippen molar-refractivity contribution in [3.8, 4) is 11.1 Å². The Balaban J connectivity index is 1.74. The zero-order valence-electron chi connectivity index (χ0n) is 20.1. The molecule has 0 amide bonds. The van der Waals surface area contributed by atoms with E-state index < -0.39 is 17.7 Å². The number of oxime groups is 1. The zero-order chi connectivity index (χ0) is 26.7. The highest BCUT2D eigenvalue weighted by atomic mass is 35.5. The van der Waals surface area contributed by atoms with E-state index in [9.17, 15) is 19.9 Å². The number of halogens is 2. The lowest BCUT2D eigenvalue weighted by atomic mass is 9.84. The maximum Gasteiger partial charge on any atom is 0.335 e. The summed E-state index contributed by atoms with van der Waals surface area (Å²) in [6, 6.07) is 18.5. The van der Waals surface area contributed by atoms with Gasteiger partial charge in [-0.1, -0.05) is 53.2 Å². The number of aromatic nitrogens is 1. The number of aromatic amines is 1. The maximum absolute atomic E-state index is 15.1. The average molecular weight is 519 g/mol. The highest BCUT2D eigenvalue weighted by Gasteiger charge is 2.23. The monoisotopic (exact) mass is 518 g/mol. The van der Waals surface area contributed by atoms with E-state index in [1.807, 2.05) is 31.2 Å². The molecule has 3 aromatic carbocycles. The molecular formula is C29H24ClFN2O4. The van der Waals surface area contributed by atoms with Crippen LogP contribution in [-0.4, -0.2) is 27.0 Å². The zero-order valence-corrected chi connectivity index (χ0v) is 20.9. The SMILES string of the molecule is Cc1cc(C(=O)O)ccc1-c1ccc([C@H](C/C(=N\O)c2c[nH]c(=O)c(C)c2)c2ccc(Cl)cc2F)cc1. The highest BCUT2D eigenvalue weighted by molar-refractivity contribution is 6.30. The summed E-state index contributed by atoms with van der Waals surface area (Å²) in [4.78, 5) is 25.7. The van der Waals surface area contributed by atoms with Gasteiger partial charge in [-0.2, -0.15) is 0 Å². The molecule has 4 rings (SSSR count). The molecule has 0 unspecified atom stereocenters. The van der Waals surface area contributed by atoms with Gasteiger partial charge in [0.25, 0.3) is 5.56 Å². The lowest BCUT2D eigenvalue weighted by molar-refractivity contribution is 0.0696. The van der Waals surface area contributed by atoms with Crippen LogP contribution in [0.2, 0.25) is 5.02 Å². The number of nitrogens with zero attached hydrogens (tertiary/aromatic N) is 1. The lowest BCUT2D eigenvalue weighted by Gasteiger charge is -2.20. The molecule has 0 aliphatic rings. The first kappa shape index (κ1) is 25.9. The van der Waals surface area contributed by atoms with Gasteiger partial charge in [-0.3, -0.25) is 4.79 Å². The second-order valence-electron chi connectivity index (χ2n) is 8.83. The van der Waals surface area contributed by atoms with E-state index in [0.29, 0.717) is 16.7 Å². The van der Waals surface area contributed by atoms with Crippen molar-refractivity contribution in [2.45, 2.75) is 26.2 Å². The van der Waals surface area contributed by atoms with Gasteiger partial charge in [0.2, 0.25) is 0 Å². The molecule has 1 atom stereocenters. The van der Waals surface area contributed by atoms with Crippen LogP contribution in [0.25, 0.3) is 11.1 Å². The molecule has 188 valence electrons. The summed E-state index contributed by atoms with van der Waals surface area (Å²) in [6.45, 7) is 3.50. The van der Waals surface area contributed by atoms with Crippen molar-refractivity contribution in [3.05, 3.63) is 128 Å². The van der Waals surface area contributed by atoms with Crippen LogP contribution in [0.15, 0.2) is 82.9 Å². The number of carbonyl (C=O) groups is 1. The summed E-state index contributed by atoms with van der Waals surface area (Å²) in [7, 11) is 0. The predicted molar refractivity (Wildman–Crippen MR) is 142 cm³/mol. The largest absolute Gasteiger partial charge is 0.478 e. The van der Waals surface area contributed by atoms with Gasteiger partial charge in [0.05, 0.1) is 11.3 Å². The van der Waals surface area contributed by atoms with Crippen molar-refractivity contribution >= 4 is 23.3 Å². The third-order valence-electron chi connectivity index (χ3n) is 6.38. The molecule has 0 aliphatic heterocycles. The number of aromatic carboxylic acids is 1. The normalized spacial score (nSPS) is 12.4. The van der Waals surface area contributed by atoms with Crippen LogP contribution in [0.5, 0.6) is 0 Å². The predicted octanol–water partition coefficient (Wildman–Crippen LogP) is 6.55. The number of carboxylic acids is 1. The maximum atomic E-state index is 15.1. The molecule has 0 spiro atoms. The van der Waals surface area contributed by atoms with Crippen LogP contribution in [0.1, 0.15) is 50.5 Å². The summed E-state index contributed by atoms with van der Waals surface area (Å²) in [5.74, 6) is -2.01. The first-order valence-electron chi connectivity index (χ1n) is 11.5. The van der Waals surface area contributed by atoms with Crippen LogP contribution in [0.4, 0.5) is 4.39 Å². The number of pyridine rings is 1. The first-order valence-corrected chi connectivity index (χ1v) is 11.9. The molecule has 0 bridgehead atoms. The second-order valence-corrected chi connectivity index (χ2v) is 9.26. The number of benzene rings is 3. The number of hydrogen-bond acceptors (Lipinski definition) is 4. The molecule has 6 nitrogen and oxygen atoms in total. The van der Waals surface area contributed by atoms with Crippen molar-refractivity contribution in [2.24, 2.45) is 5.16 Å². The number of hydrogen-bond donors (Lipinski definition) is 3. The summed E-state index contributed by atoms with van der Waals surface area (Å²) in [6.07, 6.45) is 1.61. The Labute approximate surface area is 217 Å². The minimum absolute atomic E-state index is 0.145. The molecule has 0 fully saturated rings. The van der Waals surface area contributed by atoms with Crippen molar-refractivity contribution in [2.75, 3.05) is 0 Å². The lowest BCUT2D eigenvalue weighted by Crippen LogP contribution is -2.15. The van der Waals surface area contributed by atoms with E-state index in [4.69, 9.17) is 11.6 Å². The molecule has 1 heterocycles. The minimum atomic E-state index is -0.989. The number of H-pyrrole nitrogens is 1. The van der Waals surface area contributed by atoms with Crippen molar-refractivity contribution in [1.82, 2.24) is 4.98 Å². The van der Waals surface area contributed by atoms with Crippen molar-refractivity contribution < 1.29 is 19.5 Å². The van der Waals surface area contributed by atoms with E-state index in [0.717, 1.165) is 22.3 Å². The molecular weight excluding hydrogens is 495 g/mol. The summed E-state index contributed by atoms with van der Waals surface area (Å²) in [5.41, 5.74) is 4.94. The number of nitrogens with one attached hydrogen (secondary N) is 1. The van der Waals surface area contributed by atoms with Crippen LogP contribution < -0.4 is 5.56 Å². The van der Waals surface area contributed by atoms with E-state index in [1.165, 1.54) is 12.3 Å². The van der Waals surface area contributed by atoms with Crippen LogP contribution in [-0.2, 0) is 0 Å². The summed E-state index contributed by atoms with van der Waals surface area (Å²) < 4.78 is 15.1. The minimum Gasteiger partial charge on any atom is -0.478 e. The van der Waals surface area contributed by atoms with Gasteiger partial charge >= 0.3 is 5.97 Å². The number of rotatable bonds is 7. The van der Waals surface area contributed by atoms with Gasteiger partial charge in [-0.15, -0.1) is 0 Å². The molecule has 0 saturated heterocycles. The van der Waals surface area contributed by atoms with E-state index in [2.05, 4.69) is 10.1 Å². The Morgan fingerprint density at radius 2 is 1.70 bits per heavy atom. The number of carboxylic acid groups (broad SMARTS) is 1. The van der Waals surface area contributed by atoms with Gasteiger partial charge in [0, 0.05) is 34.7 Å². The Kier molecular flexibility index (Phi) is 7.55. The highest BCUT2D eigenvalue weighted by Crippen LogP contribution is 2.34. The second kappa shape index (κ2) is 10.8. The van der Waals surface area contributed by atoms with Crippen LogP contribution in [0, 0.1) is 19.7 Å². The Bertz CT molecular complexity index is 1560. The molecule has 8 heteroatoms. The molecule has 0 aliphatic carbocycles. The number of aryl methyl sites for hydroxylation is 2. The van der Waals surface area contributed by atoms with E-state index >= 15 is 4.39 Å². The smallest absolute Gasteiger partial charge is 0.335 e. The quantitative estimate of drug-likeness (QED) is 0.147. The third kappa shape index (κ3) is 5.62. The average Bonchev–Trinajstić information content (AvgIpc) is 2.87. The Morgan fingerprint density at radius 1 is 1.00 bits per heavy atom. The molecule has 37 heavy (non-hydrogen) atoms. The van der Waals surface area contributed by atoms with Crippen molar-refractivity contribution in [3.63, 3.8) is 0 Å². The fourth-order valence-electron chi connectivity index (χ4n) is 4.38. The molecule has 3 N–H and O–H groups in total. The van der Waals surface area contributed by atoms with Gasteiger partial charge in [-0.05, 0) is 72.0 Å². The van der Waals surface area contributed by atoms with Gasteiger partial charge in [0.1, 0.15) is 5.82 Å².